The van der Waals surface area contributed by atoms with E-state index in [1.54, 1.807) is 24.3 Å². The summed E-state index contributed by atoms with van der Waals surface area (Å²) >= 11 is 6.09. The molecule has 1 atom stereocenters. The molecule has 1 unspecified atom stereocenters. The van der Waals surface area contributed by atoms with Crippen LogP contribution < -0.4 is 10.6 Å². The van der Waals surface area contributed by atoms with Gasteiger partial charge in [-0.05, 0) is 49.8 Å². The van der Waals surface area contributed by atoms with E-state index in [4.69, 9.17) is 11.6 Å². The smallest absolute Gasteiger partial charge is 0.253 e. The fraction of sp³-hybridized carbons (Fsp3) is 0.333. The molecule has 5 nitrogen and oxygen atoms in total. The van der Waals surface area contributed by atoms with Crippen LogP contribution in [0.4, 0.5) is 5.69 Å². The topological polar surface area (TPSA) is 61.4 Å². The third-order valence-corrected chi connectivity index (χ3v) is 4.38. The van der Waals surface area contributed by atoms with E-state index >= 15 is 0 Å². The lowest BCUT2D eigenvalue weighted by Crippen LogP contribution is -2.47. The van der Waals surface area contributed by atoms with Crippen molar-refractivity contribution in [2.24, 2.45) is 5.92 Å². The fourth-order valence-corrected chi connectivity index (χ4v) is 2.95. The number of benzene rings is 2. The summed E-state index contributed by atoms with van der Waals surface area (Å²) < 4.78 is 0. The first-order valence-corrected chi connectivity index (χ1v) is 9.25. The van der Waals surface area contributed by atoms with Crippen LogP contribution in [-0.4, -0.2) is 36.9 Å². The number of rotatable bonds is 7. The largest absolute Gasteiger partial charge is 0.340 e. The van der Waals surface area contributed by atoms with E-state index in [9.17, 15) is 9.59 Å². The average molecular weight is 388 g/mol. The first kappa shape index (κ1) is 20.9. The van der Waals surface area contributed by atoms with Crippen LogP contribution in [0.25, 0.3) is 0 Å². The molecule has 0 saturated heterocycles. The zero-order valence-corrected chi connectivity index (χ0v) is 16.9. The van der Waals surface area contributed by atoms with E-state index in [1.165, 1.54) is 0 Å². The molecular weight excluding hydrogens is 362 g/mol. The van der Waals surface area contributed by atoms with Crippen molar-refractivity contribution in [3.63, 3.8) is 0 Å². The lowest BCUT2D eigenvalue weighted by atomic mass is 10.0. The third kappa shape index (κ3) is 6.08. The van der Waals surface area contributed by atoms with E-state index in [0.717, 1.165) is 12.1 Å². The van der Waals surface area contributed by atoms with Crippen LogP contribution in [0.3, 0.4) is 0 Å². The van der Waals surface area contributed by atoms with Gasteiger partial charge in [-0.2, -0.15) is 0 Å². The summed E-state index contributed by atoms with van der Waals surface area (Å²) in [7, 11) is 3.98. The van der Waals surface area contributed by atoms with Crippen LogP contribution in [0.15, 0.2) is 48.5 Å². The predicted molar refractivity (Wildman–Crippen MR) is 110 cm³/mol. The number of carbonyl (C=O) groups excluding carboxylic acids is 2. The van der Waals surface area contributed by atoms with Crippen molar-refractivity contribution in [2.45, 2.75) is 26.4 Å². The van der Waals surface area contributed by atoms with Gasteiger partial charge >= 0.3 is 0 Å². The number of nitrogens with zero attached hydrogens (tertiary/aromatic N) is 1. The molecule has 0 saturated carbocycles. The van der Waals surface area contributed by atoms with E-state index in [2.05, 4.69) is 15.5 Å². The molecule has 144 valence electrons. The van der Waals surface area contributed by atoms with E-state index in [0.29, 0.717) is 16.3 Å². The number of hydrogen-bond donors (Lipinski definition) is 2. The van der Waals surface area contributed by atoms with Gasteiger partial charge in [0, 0.05) is 12.2 Å². The summed E-state index contributed by atoms with van der Waals surface area (Å²) in [4.78, 5) is 27.4. The molecule has 0 fully saturated rings. The van der Waals surface area contributed by atoms with E-state index in [-0.39, 0.29) is 17.7 Å². The number of halogens is 1. The Bertz CT molecular complexity index is 806. The van der Waals surface area contributed by atoms with Crippen molar-refractivity contribution in [1.82, 2.24) is 10.2 Å². The molecule has 0 aliphatic heterocycles. The Balaban J connectivity index is 2.11. The monoisotopic (exact) mass is 387 g/mol. The molecule has 0 aliphatic carbocycles. The molecule has 0 radical (unpaired) electrons. The van der Waals surface area contributed by atoms with Gasteiger partial charge in [0.25, 0.3) is 5.91 Å². The normalized spacial score (nSPS) is 12.1. The van der Waals surface area contributed by atoms with E-state index < -0.39 is 6.04 Å². The van der Waals surface area contributed by atoms with Gasteiger partial charge in [0.1, 0.15) is 6.04 Å². The minimum absolute atomic E-state index is 0.0820. The van der Waals surface area contributed by atoms with Crippen molar-refractivity contribution in [2.75, 3.05) is 19.4 Å². The number of hydrogen-bond acceptors (Lipinski definition) is 3. The van der Waals surface area contributed by atoms with Crippen LogP contribution in [0, 0.1) is 5.92 Å². The zero-order chi connectivity index (χ0) is 20.0. The average Bonchev–Trinajstić information content (AvgIpc) is 2.59. The Morgan fingerprint density at radius 3 is 2.41 bits per heavy atom. The molecule has 2 N–H and O–H groups in total. The van der Waals surface area contributed by atoms with Crippen molar-refractivity contribution in [3.8, 4) is 0 Å². The first-order valence-electron chi connectivity index (χ1n) is 8.88. The van der Waals surface area contributed by atoms with Gasteiger partial charge in [-0.3, -0.25) is 9.59 Å². The molecule has 2 amide bonds. The van der Waals surface area contributed by atoms with Gasteiger partial charge in [0.15, 0.2) is 0 Å². The van der Waals surface area contributed by atoms with Crippen LogP contribution in [0.5, 0.6) is 0 Å². The van der Waals surface area contributed by atoms with Crippen molar-refractivity contribution in [1.29, 1.82) is 0 Å². The second kappa shape index (κ2) is 9.53. The van der Waals surface area contributed by atoms with Crippen LogP contribution in [0.1, 0.15) is 29.8 Å². The first-order chi connectivity index (χ1) is 12.8. The van der Waals surface area contributed by atoms with Gasteiger partial charge in [-0.1, -0.05) is 49.7 Å². The summed E-state index contributed by atoms with van der Waals surface area (Å²) in [6.45, 7) is 4.56. The summed E-state index contributed by atoms with van der Waals surface area (Å²) in [6, 6.07) is 13.8. The molecule has 2 aromatic carbocycles. The van der Waals surface area contributed by atoms with Gasteiger partial charge in [0.2, 0.25) is 5.91 Å². The Labute approximate surface area is 165 Å². The lowest BCUT2D eigenvalue weighted by molar-refractivity contribution is -0.118. The highest BCUT2D eigenvalue weighted by Crippen LogP contribution is 2.17. The lowest BCUT2D eigenvalue weighted by Gasteiger charge is -2.22. The fourth-order valence-electron chi connectivity index (χ4n) is 2.73. The van der Waals surface area contributed by atoms with Crippen LogP contribution >= 0.6 is 11.6 Å². The Morgan fingerprint density at radius 2 is 1.78 bits per heavy atom. The Hall–Kier alpha value is -2.37. The SMILES string of the molecule is CC(C)C(NC(=O)c1ccccc1Cl)C(=O)Nc1cccc(CN(C)C)c1. The maximum Gasteiger partial charge on any atom is 0.253 e. The number of nitrogens with one attached hydrogen (secondary N) is 2. The highest BCUT2D eigenvalue weighted by Gasteiger charge is 2.25. The van der Waals surface area contributed by atoms with E-state index in [1.807, 2.05) is 52.2 Å². The number of anilines is 1. The van der Waals surface area contributed by atoms with Gasteiger partial charge in [-0.15, -0.1) is 0 Å². The maximum absolute atomic E-state index is 12.8. The summed E-state index contributed by atoms with van der Waals surface area (Å²) in [5.41, 5.74) is 2.15. The quantitative estimate of drug-likeness (QED) is 0.759. The highest BCUT2D eigenvalue weighted by atomic mass is 35.5. The number of amides is 2. The molecule has 0 aliphatic rings. The second-order valence-electron chi connectivity index (χ2n) is 7.10. The molecule has 6 heteroatoms. The van der Waals surface area contributed by atoms with Crippen molar-refractivity contribution >= 4 is 29.1 Å². The molecule has 27 heavy (non-hydrogen) atoms. The third-order valence-electron chi connectivity index (χ3n) is 4.05. The van der Waals surface area contributed by atoms with Crippen LogP contribution in [0.2, 0.25) is 5.02 Å². The zero-order valence-electron chi connectivity index (χ0n) is 16.1. The van der Waals surface area contributed by atoms with Crippen LogP contribution in [-0.2, 0) is 11.3 Å². The summed E-state index contributed by atoms with van der Waals surface area (Å²) in [5.74, 6) is -0.704. The minimum atomic E-state index is -0.675. The standard InChI is InChI=1S/C21H26ClN3O2/c1-14(2)19(24-20(26)17-10-5-6-11-18(17)22)21(27)23-16-9-7-8-15(12-16)13-25(3)4/h5-12,14,19H,13H2,1-4H3,(H,23,27)(H,24,26). The Morgan fingerprint density at radius 1 is 1.07 bits per heavy atom. The molecule has 0 heterocycles. The summed E-state index contributed by atoms with van der Waals surface area (Å²) in [5, 5.41) is 6.06. The van der Waals surface area contributed by atoms with Crippen molar-refractivity contribution < 1.29 is 9.59 Å². The van der Waals surface area contributed by atoms with Gasteiger partial charge in [0.05, 0.1) is 10.6 Å². The van der Waals surface area contributed by atoms with Gasteiger partial charge < -0.3 is 15.5 Å². The predicted octanol–water partition coefficient (Wildman–Crippen LogP) is 3.79. The molecule has 2 rings (SSSR count). The molecule has 0 bridgehead atoms. The molecule has 2 aromatic rings. The molecular formula is C21H26ClN3O2. The number of carbonyl (C=O) groups is 2. The highest BCUT2D eigenvalue weighted by molar-refractivity contribution is 6.33. The molecule has 0 aromatic heterocycles. The summed E-state index contributed by atoms with van der Waals surface area (Å²) in [6.07, 6.45) is 0. The maximum atomic E-state index is 12.8. The molecule has 0 spiro atoms. The van der Waals surface area contributed by atoms with Gasteiger partial charge in [-0.25, -0.2) is 0 Å². The minimum Gasteiger partial charge on any atom is -0.340 e. The van der Waals surface area contributed by atoms with Crippen molar-refractivity contribution in [3.05, 3.63) is 64.7 Å². The second-order valence-corrected chi connectivity index (χ2v) is 7.51. The Kier molecular flexibility index (Phi) is 7.39.